The van der Waals surface area contributed by atoms with E-state index in [1.807, 2.05) is 4.90 Å². The first-order valence-electron chi connectivity index (χ1n) is 9.06. The Morgan fingerprint density at radius 2 is 1.55 bits per heavy atom. The Balaban J connectivity index is 0.000000438. The monoisotopic (exact) mass is 402 g/mol. The summed E-state index contributed by atoms with van der Waals surface area (Å²) in [5, 5.41) is 14.8. The Labute approximate surface area is 168 Å². The molecule has 3 rings (SSSR count). The van der Waals surface area contributed by atoms with Gasteiger partial charge in [-0.3, -0.25) is 9.69 Å². The van der Waals surface area contributed by atoms with Gasteiger partial charge in [-0.2, -0.15) is 0 Å². The van der Waals surface area contributed by atoms with Gasteiger partial charge in [0.2, 0.25) is 0 Å². The molecule has 2 N–H and O–H groups in total. The summed E-state index contributed by atoms with van der Waals surface area (Å²) in [6.07, 6.45) is 0. The number of aliphatic carboxylic acids is 2. The molecule has 0 unspecified atom stereocenters. The van der Waals surface area contributed by atoms with Crippen molar-refractivity contribution in [3.63, 3.8) is 0 Å². The fourth-order valence-corrected chi connectivity index (χ4v) is 2.94. The van der Waals surface area contributed by atoms with Gasteiger partial charge in [-0.15, -0.1) is 0 Å². The summed E-state index contributed by atoms with van der Waals surface area (Å²) in [6, 6.07) is 14.3. The van der Waals surface area contributed by atoms with Crippen LogP contribution < -0.4 is 0 Å². The van der Waals surface area contributed by atoms with E-state index in [4.69, 9.17) is 19.8 Å². The molecule has 8 heteroatoms. The lowest BCUT2D eigenvalue weighted by Gasteiger charge is -2.35. The third-order valence-corrected chi connectivity index (χ3v) is 4.57. The molecular weight excluding hydrogens is 379 g/mol. The summed E-state index contributed by atoms with van der Waals surface area (Å²) >= 11 is 0. The number of hydrogen-bond donors (Lipinski definition) is 2. The van der Waals surface area contributed by atoms with Crippen molar-refractivity contribution in [3.05, 3.63) is 71.0 Å². The van der Waals surface area contributed by atoms with E-state index in [1.54, 1.807) is 12.1 Å². The van der Waals surface area contributed by atoms with Crippen LogP contribution in [0.5, 0.6) is 0 Å². The number of halogens is 1. The van der Waals surface area contributed by atoms with Crippen LogP contribution in [0.15, 0.2) is 48.5 Å². The lowest BCUT2D eigenvalue weighted by Crippen LogP contribution is -2.48. The highest BCUT2D eigenvalue weighted by atomic mass is 19.1. The predicted molar refractivity (Wildman–Crippen MR) is 104 cm³/mol. The highest BCUT2D eigenvalue weighted by molar-refractivity contribution is 6.27. The van der Waals surface area contributed by atoms with E-state index >= 15 is 0 Å². The molecule has 7 nitrogen and oxygen atoms in total. The van der Waals surface area contributed by atoms with Crippen LogP contribution in [-0.4, -0.2) is 64.0 Å². The van der Waals surface area contributed by atoms with Crippen molar-refractivity contribution >= 4 is 17.8 Å². The molecule has 154 valence electrons. The third-order valence-electron chi connectivity index (χ3n) is 4.57. The lowest BCUT2D eigenvalue weighted by atomic mass is 10.1. The fraction of sp³-hybridized carbons (Fsp3) is 0.286. The number of benzene rings is 2. The maximum Gasteiger partial charge on any atom is 0.414 e. The van der Waals surface area contributed by atoms with Crippen LogP contribution >= 0.6 is 0 Å². The van der Waals surface area contributed by atoms with E-state index < -0.39 is 11.9 Å². The Kier molecular flexibility index (Phi) is 7.85. The molecule has 0 spiro atoms. The van der Waals surface area contributed by atoms with Crippen molar-refractivity contribution in [2.24, 2.45) is 0 Å². The lowest BCUT2D eigenvalue weighted by molar-refractivity contribution is -0.159. The number of rotatable bonds is 3. The minimum Gasteiger partial charge on any atom is -0.473 e. The fourth-order valence-electron chi connectivity index (χ4n) is 2.94. The van der Waals surface area contributed by atoms with Crippen LogP contribution in [0.3, 0.4) is 0 Å². The SMILES string of the molecule is Cc1ccccc1CN1CCN(C(=O)c2cccc(F)c2)CC1.O=C(O)C(=O)O. The summed E-state index contributed by atoms with van der Waals surface area (Å²) < 4.78 is 13.3. The van der Waals surface area contributed by atoms with Crippen molar-refractivity contribution in [2.75, 3.05) is 26.2 Å². The quantitative estimate of drug-likeness (QED) is 0.765. The van der Waals surface area contributed by atoms with Gasteiger partial charge in [0.05, 0.1) is 0 Å². The second kappa shape index (κ2) is 10.3. The molecule has 1 fully saturated rings. The van der Waals surface area contributed by atoms with E-state index in [1.165, 1.54) is 23.3 Å². The first kappa shape index (κ1) is 22.0. The second-order valence-corrected chi connectivity index (χ2v) is 6.62. The molecule has 0 bridgehead atoms. The summed E-state index contributed by atoms with van der Waals surface area (Å²) in [5.41, 5.74) is 3.06. The molecule has 1 heterocycles. The first-order valence-corrected chi connectivity index (χ1v) is 9.06. The van der Waals surface area contributed by atoms with Crippen molar-refractivity contribution in [1.29, 1.82) is 0 Å². The van der Waals surface area contributed by atoms with Gasteiger partial charge in [-0.05, 0) is 36.2 Å². The first-order chi connectivity index (χ1) is 13.8. The number of amides is 1. The minimum absolute atomic E-state index is 0.0833. The molecule has 29 heavy (non-hydrogen) atoms. The maximum atomic E-state index is 13.3. The van der Waals surface area contributed by atoms with Gasteiger partial charge < -0.3 is 15.1 Å². The normalized spacial score (nSPS) is 13.9. The van der Waals surface area contributed by atoms with Crippen LogP contribution in [0.25, 0.3) is 0 Å². The summed E-state index contributed by atoms with van der Waals surface area (Å²) in [4.78, 5) is 34.8. The van der Waals surface area contributed by atoms with Gasteiger partial charge in [-0.1, -0.05) is 30.3 Å². The van der Waals surface area contributed by atoms with Crippen molar-refractivity contribution in [1.82, 2.24) is 9.80 Å². The van der Waals surface area contributed by atoms with E-state index in [-0.39, 0.29) is 11.7 Å². The molecule has 2 aromatic rings. The molecule has 1 amide bonds. The minimum atomic E-state index is -1.82. The van der Waals surface area contributed by atoms with Crippen molar-refractivity contribution in [2.45, 2.75) is 13.5 Å². The van der Waals surface area contributed by atoms with Gasteiger partial charge in [0.15, 0.2) is 0 Å². The number of aryl methyl sites for hydroxylation is 1. The summed E-state index contributed by atoms with van der Waals surface area (Å²) in [7, 11) is 0. The zero-order valence-corrected chi connectivity index (χ0v) is 16.0. The number of carbonyl (C=O) groups excluding carboxylic acids is 1. The Morgan fingerprint density at radius 3 is 2.10 bits per heavy atom. The maximum absolute atomic E-state index is 13.3. The van der Waals surface area contributed by atoms with Crippen LogP contribution in [0.1, 0.15) is 21.5 Å². The largest absolute Gasteiger partial charge is 0.473 e. The molecule has 1 saturated heterocycles. The number of carboxylic acid groups (broad SMARTS) is 2. The third kappa shape index (κ3) is 6.69. The number of hydrogen-bond acceptors (Lipinski definition) is 4. The molecule has 2 aromatic carbocycles. The number of piperazine rings is 1. The molecule has 0 aliphatic carbocycles. The Bertz CT molecular complexity index is 867. The van der Waals surface area contributed by atoms with E-state index in [2.05, 4.69) is 36.1 Å². The molecule has 1 aliphatic rings. The molecule has 0 atom stereocenters. The van der Waals surface area contributed by atoms with E-state index in [0.717, 1.165) is 19.6 Å². The van der Waals surface area contributed by atoms with Gasteiger partial charge >= 0.3 is 11.9 Å². The summed E-state index contributed by atoms with van der Waals surface area (Å²) in [5.74, 6) is -4.10. The number of carboxylic acids is 2. The Hall–Kier alpha value is -3.26. The van der Waals surface area contributed by atoms with E-state index in [0.29, 0.717) is 18.7 Å². The molecule has 1 aliphatic heterocycles. The standard InChI is InChI=1S/C19H21FN2O.C2H2O4/c1-15-5-2-3-6-17(15)14-21-9-11-22(12-10-21)19(23)16-7-4-8-18(20)13-16;3-1(4)2(5)6/h2-8,13H,9-12,14H2,1H3;(H,3,4)(H,5,6). The number of carbonyl (C=O) groups is 3. The molecule has 0 radical (unpaired) electrons. The van der Waals surface area contributed by atoms with Crippen molar-refractivity contribution < 1.29 is 29.0 Å². The highest BCUT2D eigenvalue weighted by Gasteiger charge is 2.22. The molecule has 0 saturated carbocycles. The van der Waals surface area contributed by atoms with Gasteiger partial charge in [0.25, 0.3) is 5.91 Å². The van der Waals surface area contributed by atoms with Crippen LogP contribution in [0.2, 0.25) is 0 Å². The van der Waals surface area contributed by atoms with Crippen molar-refractivity contribution in [3.8, 4) is 0 Å². The number of nitrogens with zero attached hydrogens (tertiary/aromatic N) is 2. The summed E-state index contributed by atoms with van der Waals surface area (Å²) in [6.45, 7) is 6.08. The molecular formula is C21H23FN2O5. The van der Waals surface area contributed by atoms with Crippen LogP contribution in [-0.2, 0) is 16.1 Å². The van der Waals surface area contributed by atoms with Gasteiger partial charge in [0.1, 0.15) is 5.82 Å². The highest BCUT2D eigenvalue weighted by Crippen LogP contribution is 2.14. The molecule has 0 aromatic heterocycles. The average Bonchev–Trinajstić information content (AvgIpc) is 2.70. The van der Waals surface area contributed by atoms with Crippen LogP contribution in [0.4, 0.5) is 4.39 Å². The van der Waals surface area contributed by atoms with Crippen LogP contribution in [0, 0.1) is 12.7 Å². The smallest absolute Gasteiger partial charge is 0.414 e. The van der Waals surface area contributed by atoms with E-state index in [9.17, 15) is 9.18 Å². The average molecular weight is 402 g/mol. The zero-order valence-electron chi connectivity index (χ0n) is 16.0. The Morgan fingerprint density at radius 1 is 0.931 bits per heavy atom. The van der Waals surface area contributed by atoms with Gasteiger partial charge in [0, 0.05) is 38.3 Å². The zero-order chi connectivity index (χ0) is 21.4. The predicted octanol–water partition coefficient (Wildman–Crippen LogP) is 2.25. The van der Waals surface area contributed by atoms with Gasteiger partial charge in [-0.25, -0.2) is 14.0 Å². The second-order valence-electron chi connectivity index (χ2n) is 6.62. The topological polar surface area (TPSA) is 98.2 Å².